The van der Waals surface area contributed by atoms with Crippen molar-refractivity contribution in [2.45, 2.75) is 0 Å². The first-order valence-corrected chi connectivity index (χ1v) is 3.79. The molecule has 0 atom stereocenters. The molecule has 64 valence electrons. The highest BCUT2D eigenvalue weighted by Gasteiger charge is 2.18. The quantitative estimate of drug-likeness (QED) is 0.478. The lowest BCUT2D eigenvalue weighted by Gasteiger charge is -2.31. The minimum absolute atomic E-state index is 0.690. The number of hydrogen-bond acceptors (Lipinski definition) is 4. The Balaban J connectivity index is 2.38. The van der Waals surface area contributed by atoms with Crippen molar-refractivity contribution < 1.29 is 9.90 Å². The van der Waals surface area contributed by atoms with Gasteiger partial charge in [-0.05, 0) is 12.8 Å². The summed E-state index contributed by atoms with van der Waals surface area (Å²) in [6, 6.07) is 0. The van der Waals surface area contributed by atoms with Gasteiger partial charge in [0.15, 0.2) is 0 Å². The van der Waals surface area contributed by atoms with Crippen molar-refractivity contribution in [2.75, 3.05) is 26.2 Å². The summed E-state index contributed by atoms with van der Waals surface area (Å²) < 4.78 is 0.931. The lowest BCUT2D eigenvalue weighted by molar-refractivity contribution is 0.0568. The first-order valence-electron chi connectivity index (χ1n) is 3.39. The zero-order valence-corrected chi connectivity index (χ0v) is 6.92. The van der Waals surface area contributed by atoms with Gasteiger partial charge >= 0.3 is 6.09 Å². The fourth-order valence-electron chi connectivity index (χ4n) is 0.963. The Morgan fingerprint density at radius 3 is 2.55 bits per heavy atom. The van der Waals surface area contributed by atoms with Crippen LogP contribution in [0, 0.1) is 0 Å². The Labute approximate surface area is 70.5 Å². The van der Waals surface area contributed by atoms with Crippen molar-refractivity contribution in [2.24, 2.45) is 0 Å². The van der Waals surface area contributed by atoms with Crippen LogP contribution >= 0.6 is 12.8 Å². The van der Waals surface area contributed by atoms with Gasteiger partial charge in [-0.2, -0.15) is 4.41 Å². The molecule has 0 radical (unpaired) electrons. The first-order chi connectivity index (χ1) is 5.22. The van der Waals surface area contributed by atoms with Crippen molar-refractivity contribution in [1.29, 1.82) is 0 Å². The van der Waals surface area contributed by atoms with Crippen LogP contribution in [-0.2, 0) is 0 Å². The van der Waals surface area contributed by atoms with Gasteiger partial charge in [-0.3, -0.25) is 0 Å². The van der Waals surface area contributed by atoms with E-state index in [2.05, 4.69) is 18.1 Å². The summed E-state index contributed by atoms with van der Waals surface area (Å²) in [4.78, 5) is 10.4. The molecule has 1 aliphatic rings. The van der Waals surface area contributed by atoms with Gasteiger partial charge < -0.3 is 10.4 Å². The molecule has 0 aromatic heterocycles. The van der Waals surface area contributed by atoms with Crippen molar-refractivity contribution in [1.82, 2.24) is 14.7 Å². The molecule has 0 bridgehead atoms. The van der Waals surface area contributed by atoms with Crippen LogP contribution in [0.4, 0.5) is 4.79 Å². The molecule has 1 fully saturated rings. The number of thiol groups is 1. The molecule has 1 saturated heterocycles. The third-order valence-electron chi connectivity index (χ3n) is 1.53. The average Bonchev–Trinajstić information content (AvgIpc) is 2.05. The molecule has 0 spiro atoms. The van der Waals surface area contributed by atoms with E-state index in [0.717, 1.165) is 17.5 Å². The lowest BCUT2D eigenvalue weighted by atomic mass is 10.4. The molecule has 11 heavy (non-hydrogen) atoms. The zero-order chi connectivity index (χ0) is 8.27. The summed E-state index contributed by atoms with van der Waals surface area (Å²) in [7, 11) is 0. The molecular formula is C5H11N3O2S. The highest BCUT2D eigenvalue weighted by molar-refractivity contribution is 7.78. The van der Waals surface area contributed by atoms with Gasteiger partial charge in [-0.1, -0.05) is 0 Å². The number of nitrogens with one attached hydrogen (secondary N) is 1. The van der Waals surface area contributed by atoms with Crippen LogP contribution in [0.5, 0.6) is 0 Å². The van der Waals surface area contributed by atoms with Crippen molar-refractivity contribution in [3.8, 4) is 0 Å². The number of amides is 1. The molecular weight excluding hydrogens is 166 g/mol. The van der Waals surface area contributed by atoms with E-state index < -0.39 is 6.09 Å². The van der Waals surface area contributed by atoms with Gasteiger partial charge in [-0.15, -0.1) is 0 Å². The van der Waals surface area contributed by atoms with Crippen LogP contribution < -0.4 is 5.32 Å². The van der Waals surface area contributed by atoms with E-state index in [-0.39, 0.29) is 0 Å². The number of hydrogen-bond donors (Lipinski definition) is 3. The predicted molar refractivity (Wildman–Crippen MR) is 43.3 cm³/mol. The van der Waals surface area contributed by atoms with Gasteiger partial charge in [0.2, 0.25) is 0 Å². The van der Waals surface area contributed by atoms with Gasteiger partial charge in [0.25, 0.3) is 0 Å². The maximum atomic E-state index is 10.4. The summed E-state index contributed by atoms with van der Waals surface area (Å²) >= 11 is 3.80. The van der Waals surface area contributed by atoms with Crippen LogP contribution in [0.15, 0.2) is 0 Å². The Bertz CT molecular complexity index is 149. The monoisotopic (exact) mass is 177 g/mol. The van der Waals surface area contributed by atoms with Crippen molar-refractivity contribution in [3.63, 3.8) is 0 Å². The second-order valence-corrected chi connectivity index (χ2v) is 2.65. The molecule has 1 amide bonds. The summed E-state index contributed by atoms with van der Waals surface area (Å²) in [5, 5.41) is 13.3. The molecule has 1 aliphatic heterocycles. The maximum absolute atomic E-state index is 10.4. The van der Waals surface area contributed by atoms with E-state index in [1.54, 1.807) is 5.01 Å². The van der Waals surface area contributed by atoms with Crippen LogP contribution in [0.3, 0.4) is 0 Å². The molecule has 1 rings (SSSR count). The minimum Gasteiger partial charge on any atom is -0.463 e. The normalized spacial score (nSPS) is 19.7. The molecule has 0 unspecified atom stereocenters. The maximum Gasteiger partial charge on any atom is 0.432 e. The number of rotatable bonds is 1. The topological polar surface area (TPSA) is 55.8 Å². The first kappa shape index (κ1) is 8.63. The Morgan fingerprint density at radius 1 is 1.55 bits per heavy atom. The number of carbonyl (C=O) groups is 1. The van der Waals surface area contributed by atoms with E-state index >= 15 is 0 Å². The summed E-state index contributed by atoms with van der Waals surface area (Å²) in [5.74, 6) is 0. The number of carboxylic acid groups (broad SMARTS) is 1. The summed E-state index contributed by atoms with van der Waals surface area (Å²) in [6.07, 6.45) is -1.03. The van der Waals surface area contributed by atoms with Crippen LogP contribution in [0.2, 0.25) is 0 Å². The number of hydrazine groups is 1. The summed E-state index contributed by atoms with van der Waals surface area (Å²) in [6.45, 7) is 3.00. The highest BCUT2D eigenvalue weighted by Crippen LogP contribution is 2.02. The van der Waals surface area contributed by atoms with Gasteiger partial charge in [0.1, 0.15) is 0 Å². The standard InChI is InChI=1S/C5H11N3O2S/c9-5(10)8(11)7-3-1-6-2-4-7/h6,11H,1-4H2,(H,9,10). The number of nitrogens with zero attached hydrogens (tertiary/aromatic N) is 2. The second-order valence-electron chi connectivity index (χ2n) is 2.28. The van der Waals surface area contributed by atoms with Crippen LogP contribution in [-0.4, -0.2) is 46.8 Å². The molecule has 1 heterocycles. The molecule has 0 aliphatic carbocycles. The Hall–Kier alpha value is -0.460. The molecule has 2 N–H and O–H groups in total. The third kappa shape index (κ3) is 2.25. The SMILES string of the molecule is O=C(O)N(S)N1CCNCC1. The van der Waals surface area contributed by atoms with Crippen molar-refractivity contribution >= 4 is 18.9 Å². The zero-order valence-electron chi connectivity index (χ0n) is 6.03. The van der Waals surface area contributed by atoms with Crippen LogP contribution in [0.1, 0.15) is 0 Å². The van der Waals surface area contributed by atoms with Gasteiger partial charge in [0, 0.05) is 26.2 Å². The van der Waals surface area contributed by atoms with Gasteiger partial charge in [-0.25, -0.2) is 9.80 Å². The molecule has 0 aromatic carbocycles. The summed E-state index contributed by atoms with van der Waals surface area (Å²) in [5.41, 5.74) is 0. The van der Waals surface area contributed by atoms with E-state index in [4.69, 9.17) is 5.11 Å². The van der Waals surface area contributed by atoms with Gasteiger partial charge in [0.05, 0.1) is 0 Å². The second kappa shape index (κ2) is 3.80. The van der Waals surface area contributed by atoms with Crippen molar-refractivity contribution in [3.05, 3.63) is 0 Å². The molecule has 0 aromatic rings. The number of piperazine rings is 1. The lowest BCUT2D eigenvalue weighted by Crippen LogP contribution is -2.50. The van der Waals surface area contributed by atoms with E-state index in [1.165, 1.54) is 0 Å². The smallest absolute Gasteiger partial charge is 0.432 e. The molecule has 0 saturated carbocycles. The van der Waals surface area contributed by atoms with E-state index in [0.29, 0.717) is 13.1 Å². The minimum atomic E-state index is -1.03. The average molecular weight is 177 g/mol. The molecule has 5 nitrogen and oxygen atoms in total. The fourth-order valence-corrected chi connectivity index (χ4v) is 1.14. The molecule has 6 heteroatoms. The predicted octanol–water partition coefficient (Wildman–Crippen LogP) is -0.369. The Kier molecular flexibility index (Phi) is 2.98. The van der Waals surface area contributed by atoms with Crippen LogP contribution in [0.25, 0.3) is 0 Å². The van der Waals surface area contributed by atoms with E-state index in [1.807, 2.05) is 0 Å². The third-order valence-corrected chi connectivity index (χ3v) is 1.96. The largest absolute Gasteiger partial charge is 0.463 e. The Morgan fingerprint density at radius 2 is 2.09 bits per heavy atom. The fraction of sp³-hybridized carbons (Fsp3) is 0.800. The highest BCUT2D eigenvalue weighted by atomic mass is 32.1. The van der Waals surface area contributed by atoms with E-state index in [9.17, 15) is 4.79 Å².